The molecule has 6 fully saturated rings. The van der Waals surface area contributed by atoms with Crippen molar-refractivity contribution in [3.63, 3.8) is 0 Å². The van der Waals surface area contributed by atoms with Gasteiger partial charge in [-0.1, -0.05) is 194 Å². The molecule has 12 aromatic rings. The summed E-state index contributed by atoms with van der Waals surface area (Å²) < 4.78 is 1.78. The van der Waals surface area contributed by atoms with Gasteiger partial charge in [-0.05, 0) is 130 Å². The summed E-state index contributed by atoms with van der Waals surface area (Å²) in [7, 11) is 13.3. The maximum absolute atomic E-state index is 5.60. The van der Waals surface area contributed by atoms with Crippen LogP contribution in [0.1, 0.15) is 204 Å². The summed E-state index contributed by atoms with van der Waals surface area (Å²) in [6, 6.07) is 31.1. The highest BCUT2D eigenvalue weighted by Gasteiger charge is 2.21. The Hall–Kier alpha value is -13.7. The van der Waals surface area contributed by atoms with Crippen molar-refractivity contribution in [2.45, 2.75) is 218 Å². The average molecular weight is 1810 g/mol. The quantitative estimate of drug-likeness (QED) is 0.0207. The maximum Gasteiger partial charge on any atom is 0.248 e. The van der Waals surface area contributed by atoms with Gasteiger partial charge in [0.1, 0.15) is 0 Å². The van der Waals surface area contributed by atoms with E-state index in [1.54, 1.807) is 4.57 Å². The minimum Gasteiger partial charge on any atom is -0.368 e. The lowest BCUT2D eigenvalue weighted by Crippen LogP contribution is -2.22. The molecule has 714 valence electrons. The van der Waals surface area contributed by atoms with Crippen molar-refractivity contribution < 1.29 is 0 Å². The van der Waals surface area contributed by atoms with E-state index in [2.05, 4.69) is 202 Å². The molecule has 0 radical (unpaired) electrons. The Labute approximate surface area is 767 Å². The molecule has 0 atom stereocenters. The van der Waals surface area contributed by atoms with E-state index < -0.39 is 0 Å². The smallest absolute Gasteiger partial charge is 0.248 e. The van der Waals surface area contributed by atoms with Crippen molar-refractivity contribution in [2.75, 3.05) is 172 Å². The maximum atomic E-state index is 5.60. The van der Waals surface area contributed by atoms with Crippen LogP contribution >= 0.6 is 0 Å². The van der Waals surface area contributed by atoms with Crippen LogP contribution in [0.15, 0.2) is 91.0 Å². The zero-order valence-electron chi connectivity index (χ0n) is 77.6. The van der Waals surface area contributed by atoms with Crippen molar-refractivity contribution in [3.05, 3.63) is 102 Å². The van der Waals surface area contributed by atoms with Crippen LogP contribution in [-0.2, 0) is 20.0 Å². The van der Waals surface area contributed by atoms with E-state index in [0.29, 0.717) is 84.1 Å². The fourth-order valence-corrected chi connectivity index (χ4v) is 15.6. The Kier molecular flexibility index (Phi) is 43.0. The fourth-order valence-electron chi connectivity index (χ4n) is 15.6. The second kappa shape index (κ2) is 56.6. The Morgan fingerprint density at radius 1 is 0.336 bits per heavy atom. The van der Waals surface area contributed by atoms with Crippen molar-refractivity contribution in [1.82, 2.24) is 136 Å². The standard InChI is InChI=1S/C11H21N5.3C10H19N5.C10H13N5.2C9H17N5.C9H11N5.C8H9N5/c1-16(2)11-13-10(14-15-11)12-8-9-6-4-3-5-7-9;1-15(2)10-12-9(13-14-10)11-8-6-4-3-5-7-8;1-15-9(11)13-14-10(15)12-7-8-5-3-2-4-6-8;1-11-9-13-10(15-14-9)12-7-8-5-3-2-4-6-8;11-9-13-10(15-14-9)12-7-6-8-4-2-1-3-5-8;1-10-8-12-9(14-13-8)11-7-5-3-2-4-6-7;2*10-8-12-9(14-13-8)11-6-7-4-2-1-3-5-7;9-7-11-8(13-12-7)10-6-4-2-1-3-5-6/h9H,3-8H2,1-2H3,(H2,12,13,14,15);8H,3-7H2,1-2H3,(H2,11,12,13,14);8H,2-7H2,1H3,(H2,11,13)(H,12,14);8H,2-7H2,1H3,(H3,11,12,13,14,15);1-5H,6-7H2,(H4,11,12,13,14,15);7H,2-6H2,1H3,(H3,10,11,12,13,14);7H,1-6H2,(H4,10,11,12,13,14);1-5H,6H2,(H4,10,11,12,13,14);1-5H,(H4,9,10,11,12,13). The molecule has 9 aromatic heterocycles. The molecular weight excluding hydrogens is 1660 g/mol. The summed E-state index contributed by atoms with van der Waals surface area (Å²) in [6.45, 7) is 5.48. The Bertz CT molecular complexity index is 4870. The highest BCUT2D eigenvalue weighted by Crippen LogP contribution is 2.29. The largest absolute Gasteiger partial charge is 0.368 e. The molecular formula is C86H145N45. The second-order valence-corrected chi connectivity index (χ2v) is 33.9. The van der Waals surface area contributed by atoms with Crippen molar-refractivity contribution in [3.8, 4) is 0 Å². The molecule has 0 aliphatic heterocycles. The molecule has 0 amide bonds. The van der Waals surface area contributed by atoms with Crippen molar-refractivity contribution in [1.29, 1.82) is 0 Å². The number of aromatic amines is 8. The minimum atomic E-state index is 0.304. The normalized spacial score (nSPS) is 15.3. The van der Waals surface area contributed by atoms with Gasteiger partial charge in [0.05, 0.1) is 0 Å². The molecule has 45 nitrogen and oxygen atoms in total. The number of nitrogens with two attached hydrogens (primary N) is 5. The summed E-state index contributed by atoms with van der Waals surface area (Å²) in [5.74, 6) is 13.8. The van der Waals surface area contributed by atoms with Crippen molar-refractivity contribution >= 4 is 113 Å². The van der Waals surface area contributed by atoms with Crippen LogP contribution in [0.3, 0.4) is 0 Å². The Morgan fingerprint density at radius 2 is 0.679 bits per heavy atom. The summed E-state index contributed by atoms with van der Waals surface area (Å²) in [4.78, 5) is 36.7. The number of anilines is 19. The number of hydrogen-bond acceptors (Lipinski definition) is 36. The summed E-state index contributed by atoms with van der Waals surface area (Å²) in [6.07, 6.45) is 41.3. The first kappa shape index (κ1) is 99.5. The van der Waals surface area contributed by atoms with E-state index in [0.717, 1.165) is 110 Å². The van der Waals surface area contributed by atoms with Gasteiger partial charge in [-0.2, -0.15) is 39.9 Å². The molecule has 131 heavy (non-hydrogen) atoms. The number of para-hydroxylation sites is 1. The van der Waals surface area contributed by atoms with Gasteiger partial charge in [-0.15, -0.1) is 51.0 Å². The first-order valence-electron chi connectivity index (χ1n) is 46.5. The van der Waals surface area contributed by atoms with Crippen LogP contribution in [0.5, 0.6) is 0 Å². The highest BCUT2D eigenvalue weighted by molar-refractivity contribution is 5.53. The van der Waals surface area contributed by atoms with E-state index in [1.165, 1.54) is 204 Å². The van der Waals surface area contributed by atoms with Gasteiger partial charge < -0.3 is 97.0 Å². The lowest BCUT2D eigenvalue weighted by molar-refractivity contribution is 0.372. The molecule has 0 spiro atoms. The summed E-state index contributed by atoms with van der Waals surface area (Å²) in [5.41, 5.74) is 30.5. The highest BCUT2D eigenvalue weighted by atomic mass is 15.4. The third-order valence-corrected chi connectivity index (χ3v) is 23.0. The molecule has 6 aliphatic carbocycles. The molecule has 29 N–H and O–H groups in total. The van der Waals surface area contributed by atoms with Crippen LogP contribution in [0.25, 0.3) is 0 Å². The predicted molar refractivity (Wildman–Crippen MR) is 525 cm³/mol. The van der Waals surface area contributed by atoms with Crippen molar-refractivity contribution in [2.24, 2.45) is 30.7 Å². The Morgan fingerprint density at radius 3 is 1.08 bits per heavy atom. The number of nitrogens with one attached hydrogen (secondary N) is 19. The van der Waals surface area contributed by atoms with Crippen LogP contribution in [0, 0.1) is 23.7 Å². The summed E-state index contributed by atoms with van der Waals surface area (Å²) in [5, 5.41) is 96.1. The average Bonchev–Trinajstić information content (AvgIpc) is 1.74. The van der Waals surface area contributed by atoms with Gasteiger partial charge in [0, 0.05) is 106 Å². The first-order valence-corrected chi connectivity index (χ1v) is 46.5. The number of aromatic nitrogens is 27. The second-order valence-electron chi connectivity index (χ2n) is 33.9. The predicted octanol–water partition coefficient (Wildman–Crippen LogP) is 12.8. The van der Waals surface area contributed by atoms with E-state index >= 15 is 0 Å². The molecule has 45 heteroatoms. The number of rotatable bonds is 29. The third-order valence-electron chi connectivity index (χ3n) is 23.0. The number of nitrogen functional groups attached to an aromatic ring is 5. The van der Waals surface area contributed by atoms with Gasteiger partial charge in [-0.25, -0.2) is 40.8 Å². The lowest BCUT2D eigenvalue weighted by atomic mass is 9.89. The Balaban J connectivity index is 0.000000153. The minimum absolute atomic E-state index is 0.304. The summed E-state index contributed by atoms with van der Waals surface area (Å²) >= 11 is 0. The van der Waals surface area contributed by atoms with Crippen LogP contribution in [0.2, 0.25) is 0 Å². The van der Waals surface area contributed by atoms with E-state index in [1.807, 2.05) is 138 Å². The van der Waals surface area contributed by atoms with Gasteiger partial charge >= 0.3 is 0 Å². The van der Waals surface area contributed by atoms with Gasteiger partial charge in [0.15, 0.2) is 0 Å². The van der Waals surface area contributed by atoms with Crippen LogP contribution < -0.4 is 97.0 Å². The molecule has 6 saturated carbocycles. The topological polar surface area (TPSA) is 632 Å². The fraction of sp³-hybridized carbons (Fsp3) is 0.581. The zero-order valence-corrected chi connectivity index (χ0v) is 77.6. The third kappa shape index (κ3) is 38.7. The van der Waals surface area contributed by atoms with Gasteiger partial charge in [0.2, 0.25) is 107 Å². The molecule has 6 aliphatic rings. The molecule has 0 saturated heterocycles. The molecule has 3 aromatic carbocycles. The number of benzene rings is 3. The number of H-pyrrole nitrogens is 8. The molecule has 0 bridgehead atoms. The van der Waals surface area contributed by atoms with Crippen LogP contribution in [0.4, 0.5) is 113 Å². The van der Waals surface area contributed by atoms with E-state index in [4.69, 9.17) is 28.7 Å². The van der Waals surface area contributed by atoms with E-state index in [9.17, 15) is 0 Å². The number of hydrogen-bond donors (Lipinski definition) is 24. The number of nitrogens with zero attached hydrogens (tertiary/aromatic N) is 21. The van der Waals surface area contributed by atoms with Crippen LogP contribution in [-0.4, -0.2) is 223 Å². The first-order chi connectivity index (χ1) is 63.9. The monoisotopic (exact) mass is 1810 g/mol. The van der Waals surface area contributed by atoms with E-state index in [-0.39, 0.29) is 0 Å². The molecule has 0 unspecified atom stereocenters. The zero-order chi connectivity index (χ0) is 92.3. The SMILES string of the molecule is CN(C)c1n[nH]c(NC2CCCCC2)n1.CN(C)c1n[nH]c(NCC2CCCCC2)n1.CNc1n[nH]c(NC2CCCCC2)n1.CNc1n[nH]c(NCC2CCCCC2)n1.Cn1c(N)nnc1NCC1CCCCC1.Nc1nc(NCC2CCCCC2)n[nH]1.Nc1nc(NCCc2ccccc2)n[nH]1.Nc1nc(NCc2ccccc2)n[nH]1.Nc1nc(Nc2ccccc2)n[nH]1. The lowest BCUT2D eigenvalue weighted by Gasteiger charge is -2.21. The van der Waals surface area contributed by atoms with Gasteiger partial charge in [0.25, 0.3) is 0 Å². The molecule has 9 heterocycles. The molecule has 18 rings (SSSR count). The van der Waals surface area contributed by atoms with Gasteiger partial charge in [-0.3, -0.25) is 4.57 Å².